The maximum Gasteiger partial charge on any atom is 0.255 e. The number of rotatable bonds is 7. The van der Waals surface area contributed by atoms with Gasteiger partial charge in [-0.3, -0.25) is 9.59 Å². The van der Waals surface area contributed by atoms with Crippen LogP contribution in [0.4, 0.5) is 15.8 Å². The van der Waals surface area contributed by atoms with Crippen molar-refractivity contribution in [2.75, 3.05) is 16.4 Å². The van der Waals surface area contributed by atoms with E-state index in [9.17, 15) is 14.0 Å². The summed E-state index contributed by atoms with van der Waals surface area (Å²) in [6.45, 7) is 1.97. The van der Waals surface area contributed by atoms with Gasteiger partial charge in [-0.15, -0.1) is 10.2 Å². The zero-order chi connectivity index (χ0) is 24.1. The number of hydrogen-bond acceptors (Lipinski definition) is 5. The fourth-order valence-electron chi connectivity index (χ4n) is 3.20. The number of nitrogens with one attached hydrogen (secondary N) is 2. The van der Waals surface area contributed by atoms with Crippen LogP contribution in [0.2, 0.25) is 0 Å². The highest BCUT2D eigenvalue weighted by atomic mass is 32.2. The van der Waals surface area contributed by atoms with Gasteiger partial charge in [0.15, 0.2) is 11.0 Å². The molecule has 2 N–H and O–H groups in total. The molecule has 0 radical (unpaired) electrons. The van der Waals surface area contributed by atoms with Crippen molar-refractivity contribution < 1.29 is 14.0 Å². The highest BCUT2D eigenvalue weighted by Gasteiger charge is 2.14. The van der Waals surface area contributed by atoms with Crippen LogP contribution in [0.15, 0.2) is 78.0 Å². The first-order valence-electron chi connectivity index (χ1n) is 10.4. The molecule has 2 amide bonds. The molecular weight excluding hydrogens is 453 g/mol. The van der Waals surface area contributed by atoms with E-state index in [-0.39, 0.29) is 23.4 Å². The molecule has 0 fully saturated rings. The molecule has 0 unspecified atom stereocenters. The second-order valence-electron chi connectivity index (χ2n) is 7.61. The van der Waals surface area contributed by atoms with E-state index in [4.69, 9.17) is 0 Å². The summed E-state index contributed by atoms with van der Waals surface area (Å²) in [6, 6.07) is 20.3. The molecule has 172 valence electrons. The number of carbonyl (C=O) groups excluding carboxylic acids is 2. The minimum absolute atomic E-state index is 0.121. The van der Waals surface area contributed by atoms with Crippen molar-refractivity contribution >= 4 is 35.0 Å². The van der Waals surface area contributed by atoms with Crippen molar-refractivity contribution in [3.8, 4) is 11.4 Å². The Morgan fingerprint density at radius 1 is 0.941 bits per heavy atom. The summed E-state index contributed by atoms with van der Waals surface area (Å²) in [4.78, 5) is 24.8. The summed E-state index contributed by atoms with van der Waals surface area (Å²) >= 11 is 1.24. The molecule has 0 bridgehead atoms. The van der Waals surface area contributed by atoms with Gasteiger partial charge in [-0.05, 0) is 55.5 Å². The SMILES string of the molecule is Cc1ccc(C(=O)Nc2cccc(-c3nnc(SCC(=O)Nc4ccc(F)cc4)n3C)c2)cc1. The number of halogens is 1. The smallest absolute Gasteiger partial charge is 0.255 e. The standard InChI is InChI=1S/C25H22FN5O2S/c1-16-6-8-17(9-7-16)24(33)28-21-5-3-4-18(14-21)23-29-30-25(31(23)2)34-15-22(32)27-20-12-10-19(26)11-13-20/h3-14H,15H2,1-2H3,(H,27,32)(H,28,33). The van der Waals surface area contributed by atoms with Gasteiger partial charge < -0.3 is 15.2 Å². The molecular formula is C25H22FN5O2S. The van der Waals surface area contributed by atoms with Gasteiger partial charge in [-0.2, -0.15) is 0 Å². The first-order valence-corrected chi connectivity index (χ1v) is 11.4. The highest BCUT2D eigenvalue weighted by molar-refractivity contribution is 7.99. The zero-order valence-corrected chi connectivity index (χ0v) is 19.4. The monoisotopic (exact) mass is 475 g/mol. The number of carbonyl (C=O) groups is 2. The van der Waals surface area contributed by atoms with Crippen LogP contribution in [0.5, 0.6) is 0 Å². The highest BCUT2D eigenvalue weighted by Crippen LogP contribution is 2.25. The molecule has 7 nitrogen and oxygen atoms in total. The summed E-state index contributed by atoms with van der Waals surface area (Å²) < 4.78 is 14.8. The first-order chi connectivity index (χ1) is 16.4. The van der Waals surface area contributed by atoms with Gasteiger partial charge in [0.2, 0.25) is 5.91 Å². The van der Waals surface area contributed by atoms with E-state index in [1.54, 1.807) is 22.8 Å². The van der Waals surface area contributed by atoms with E-state index in [2.05, 4.69) is 20.8 Å². The van der Waals surface area contributed by atoms with E-state index in [1.165, 1.54) is 36.0 Å². The molecule has 4 rings (SSSR count). The Bertz CT molecular complexity index is 1320. The molecule has 0 saturated carbocycles. The van der Waals surface area contributed by atoms with Gasteiger partial charge in [0.1, 0.15) is 5.82 Å². The van der Waals surface area contributed by atoms with E-state index in [0.717, 1.165) is 11.1 Å². The number of aromatic nitrogens is 3. The Kier molecular flexibility index (Phi) is 7.03. The predicted octanol–water partition coefficient (Wildman–Crippen LogP) is 4.91. The van der Waals surface area contributed by atoms with Gasteiger partial charge >= 0.3 is 0 Å². The largest absolute Gasteiger partial charge is 0.325 e. The molecule has 0 atom stereocenters. The maximum absolute atomic E-state index is 13.0. The Labute approximate surface area is 200 Å². The average Bonchev–Trinajstić information content (AvgIpc) is 3.20. The van der Waals surface area contributed by atoms with Gasteiger partial charge in [0.25, 0.3) is 5.91 Å². The van der Waals surface area contributed by atoms with Gasteiger partial charge in [-0.25, -0.2) is 4.39 Å². The fraction of sp³-hybridized carbons (Fsp3) is 0.120. The van der Waals surface area contributed by atoms with Crippen LogP contribution in [-0.2, 0) is 11.8 Å². The first kappa shape index (κ1) is 23.2. The van der Waals surface area contributed by atoms with Crippen molar-refractivity contribution in [3.05, 3.63) is 89.7 Å². The molecule has 1 aromatic heterocycles. The molecule has 3 aromatic carbocycles. The number of anilines is 2. The lowest BCUT2D eigenvalue weighted by Crippen LogP contribution is -2.14. The molecule has 0 aliphatic rings. The second-order valence-corrected chi connectivity index (χ2v) is 8.55. The minimum atomic E-state index is -0.363. The molecule has 9 heteroatoms. The van der Waals surface area contributed by atoms with E-state index >= 15 is 0 Å². The third-order valence-electron chi connectivity index (χ3n) is 4.99. The van der Waals surface area contributed by atoms with Crippen molar-refractivity contribution in [1.82, 2.24) is 14.8 Å². The number of amides is 2. The molecule has 4 aromatic rings. The van der Waals surface area contributed by atoms with Gasteiger partial charge in [0, 0.05) is 29.5 Å². The third-order valence-corrected chi connectivity index (χ3v) is 6.01. The second kappa shape index (κ2) is 10.3. The molecule has 0 spiro atoms. The zero-order valence-electron chi connectivity index (χ0n) is 18.6. The Morgan fingerprint density at radius 2 is 1.68 bits per heavy atom. The van der Waals surface area contributed by atoms with Gasteiger partial charge in [0.05, 0.1) is 5.75 Å². The summed E-state index contributed by atoms with van der Waals surface area (Å²) in [7, 11) is 1.81. The van der Waals surface area contributed by atoms with Gasteiger partial charge in [-0.1, -0.05) is 41.6 Å². The van der Waals surface area contributed by atoms with Crippen LogP contribution >= 0.6 is 11.8 Å². The molecule has 0 aliphatic heterocycles. The Morgan fingerprint density at radius 3 is 2.41 bits per heavy atom. The number of hydrogen-bond donors (Lipinski definition) is 2. The Hall–Kier alpha value is -3.98. The number of thioether (sulfide) groups is 1. The van der Waals surface area contributed by atoms with Crippen LogP contribution in [-0.4, -0.2) is 32.3 Å². The van der Waals surface area contributed by atoms with E-state index in [1.807, 2.05) is 44.3 Å². The lowest BCUT2D eigenvalue weighted by molar-refractivity contribution is -0.113. The molecule has 1 heterocycles. The lowest BCUT2D eigenvalue weighted by Gasteiger charge is -2.08. The van der Waals surface area contributed by atoms with Crippen molar-refractivity contribution in [3.63, 3.8) is 0 Å². The van der Waals surface area contributed by atoms with Crippen LogP contribution in [0.25, 0.3) is 11.4 Å². The number of benzene rings is 3. The van der Waals surface area contributed by atoms with Crippen LogP contribution in [0.1, 0.15) is 15.9 Å². The quantitative estimate of drug-likeness (QED) is 0.371. The minimum Gasteiger partial charge on any atom is -0.325 e. The van der Waals surface area contributed by atoms with Crippen molar-refractivity contribution in [2.24, 2.45) is 7.05 Å². The van der Waals surface area contributed by atoms with Crippen molar-refractivity contribution in [2.45, 2.75) is 12.1 Å². The predicted molar refractivity (Wildman–Crippen MR) is 131 cm³/mol. The summed E-state index contributed by atoms with van der Waals surface area (Å²) in [5, 5.41) is 14.6. The Balaban J connectivity index is 1.40. The summed E-state index contributed by atoms with van der Waals surface area (Å²) in [6.07, 6.45) is 0. The third kappa shape index (κ3) is 5.68. The van der Waals surface area contributed by atoms with E-state index in [0.29, 0.717) is 27.9 Å². The fourth-order valence-corrected chi connectivity index (χ4v) is 3.91. The number of aryl methyl sites for hydroxylation is 1. The molecule has 0 aliphatic carbocycles. The van der Waals surface area contributed by atoms with Crippen LogP contribution in [0, 0.1) is 12.7 Å². The topological polar surface area (TPSA) is 88.9 Å². The van der Waals surface area contributed by atoms with E-state index < -0.39 is 0 Å². The van der Waals surface area contributed by atoms with Crippen LogP contribution < -0.4 is 10.6 Å². The van der Waals surface area contributed by atoms with Crippen molar-refractivity contribution in [1.29, 1.82) is 0 Å². The molecule has 0 saturated heterocycles. The van der Waals surface area contributed by atoms with Crippen LogP contribution in [0.3, 0.4) is 0 Å². The summed E-state index contributed by atoms with van der Waals surface area (Å²) in [5.41, 5.74) is 3.60. The lowest BCUT2D eigenvalue weighted by atomic mass is 10.1. The molecule has 34 heavy (non-hydrogen) atoms. The summed E-state index contributed by atoms with van der Waals surface area (Å²) in [5.74, 6) is -0.0677. The maximum atomic E-state index is 13.0. The number of nitrogens with zero attached hydrogens (tertiary/aromatic N) is 3. The average molecular weight is 476 g/mol. The normalized spacial score (nSPS) is 10.7.